The first-order valence-electron chi connectivity index (χ1n) is 4.35. The highest BCUT2D eigenvalue weighted by atomic mass is 14.4. The van der Waals surface area contributed by atoms with E-state index in [9.17, 15) is 0 Å². The topological polar surface area (TPSA) is 0 Å². The molecular formula is C10H12. The highest BCUT2D eigenvalue weighted by Crippen LogP contribution is 2.50. The third-order valence-electron chi connectivity index (χ3n) is 3.34. The summed E-state index contributed by atoms with van der Waals surface area (Å²) in [4.78, 5) is 0. The van der Waals surface area contributed by atoms with Crippen molar-refractivity contribution >= 4 is 0 Å². The molecule has 0 heterocycles. The van der Waals surface area contributed by atoms with Crippen molar-refractivity contribution in [1.29, 1.82) is 0 Å². The molecule has 2 unspecified atom stereocenters. The van der Waals surface area contributed by atoms with Crippen LogP contribution in [-0.4, -0.2) is 0 Å². The van der Waals surface area contributed by atoms with Crippen LogP contribution in [-0.2, 0) is 0 Å². The maximum atomic E-state index is 2.44. The Kier molecular flexibility index (Phi) is 0.803. The predicted molar refractivity (Wildman–Crippen MR) is 41.6 cm³/mol. The summed E-state index contributed by atoms with van der Waals surface area (Å²) in [7, 11) is 0. The van der Waals surface area contributed by atoms with Crippen molar-refractivity contribution < 1.29 is 0 Å². The normalized spacial score (nSPS) is 41.6. The van der Waals surface area contributed by atoms with Crippen LogP contribution in [0, 0.1) is 11.8 Å². The van der Waals surface area contributed by atoms with Crippen molar-refractivity contribution in [2.24, 2.45) is 11.8 Å². The molecule has 52 valence electrons. The summed E-state index contributed by atoms with van der Waals surface area (Å²) in [6.45, 7) is 0. The summed E-state index contributed by atoms with van der Waals surface area (Å²) < 4.78 is 0. The lowest BCUT2D eigenvalue weighted by atomic mass is 9.63. The standard InChI is InChI=1S/C10H12/c1-2-8-4-3-7(1)9-5-6-10(8)9/h1-2,7-8H,3-6H2. The molecule has 0 N–H and O–H groups in total. The van der Waals surface area contributed by atoms with Crippen LogP contribution in [0.5, 0.6) is 0 Å². The van der Waals surface area contributed by atoms with Crippen molar-refractivity contribution in [2.45, 2.75) is 25.7 Å². The first kappa shape index (κ1) is 5.17. The molecule has 0 heteroatoms. The Bertz CT molecular complexity index is 208. The van der Waals surface area contributed by atoms with Crippen LogP contribution in [0.4, 0.5) is 0 Å². The monoisotopic (exact) mass is 132 g/mol. The number of hydrogen-bond acceptors (Lipinski definition) is 0. The van der Waals surface area contributed by atoms with E-state index in [2.05, 4.69) is 12.2 Å². The molecule has 2 atom stereocenters. The number of hydrogen-bond donors (Lipinski definition) is 0. The van der Waals surface area contributed by atoms with E-state index < -0.39 is 0 Å². The lowest BCUT2D eigenvalue weighted by Crippen LogP contribution is -2.27. The fourth-order valence-electron chi connectivity index (χ4n) is 2.66. The molecule has 4 rings (SSSR count). The molecule has 0 amide bonds. The quantitative estimate of drug-likeness (QED) is 0.444. The largest absolute Gasteiger partial charge is 0.0807 e. The smallest absolute Gasteiger partial charge is 0.00197 e. The third-order valence-corrected chi connectivity index (χ3v) is 3.34. The van der Waals surface area contributed by atoms with Crippen LogP contribution in [0.2, 0.25) is 0 Å². The van der Waals surface area contributed by atoms with Crippen LogP contribution in [0.25, 0.3) is 0 Å². The van der Waals surface area contributed by atoms with Crippen molar-refractivity contribution in [3.63, 3.8) is 0 Å². The molecule has 0 spiro atoms. The molecule has 0 radical (unpaired) electrons. The Hall–Kier alpha value is -0.520. The summed E-state index contributed by atoms with van der Waals surface area (Å²) in [6, 6.07) is 0. The van der Waals surface area contributed by atoms with Gasteiger partial charge in [-0.25, -0.2) is 0 Å². The molecule has 0 nitrogen and oxygen atoms in total. The van der Waals surface area contributed by atoms with Crippen LogP contribution < -0.4 is 0 Å². The lowest BCUT2D eigenvalue weighted by Gasteiger charge is -2.42. The number of fused-ring (bicyclic) bond motifs is 1. The Labute approximate surface area is 61.6 Å². The van der Waals surface area contributed by atoms with E-state index in [-0.39, 0.29) is 0 Å². The van der Waals surface area contributed by atoms with Crippen LogP contribution in [0.1, 0.15) is 25.7 Å². The summed E-state index contributed by atoms with van der Waals surface area (Å²) in [5, 5.41) is 0. The van der Waals surface area contributed by atoms with Crippen LogP contribution in [0.3, 0.4) is 0 Å². The average Bonchev–Trinajstić information content (AvgIpc) is 1.88. The summed E-state index contributed by atoms with van der Waals surface area (Å²) >= 11 is 0. The van der Waals surface area contributed by atoms with Gasteiger partial charge in [-0.3, -0.25) is 0 Å². The van der Waals surface area contributed by atoms with Crippen molar-refractivity contribution in [1.82, 2.24) is 0 Å². The first-order chi connectivity index (χ1) is 4.95. The van der Waals surface area contributed by atoms with Gasteiger partial charge < -0.3 is 0 Å². The Balaban J connectivity index is 2.13. The van der Waals surface area contributed by atoms with Gasteiger partial charge in [0.2, 0.25) is 0 Å². The molecule has 10 heavy (non-hydrogen) atoms. The molecule has 0 aromatic heterocycles. The van der Waals surface area contributed by atoms with Crippen molar-refractivity contribution in [3.8, 4) is 0 Å². The molecule has 0 saturated heterocycles. The van der Waals surface area contributed by atoms with Crippen molar-refractivity contribution in [3.05, 3.63) is 23.3 Å². The van der Waals surface area contributed by atoms with Crippen LogP contribution >= 0.6 is 0 Å². The SMILES string of the molecule is C1=CC2CCC1C1=C2CC1. The maximum absolute atomic E-state index is 2.44. The number of rotatable bonds is 0. The lowest BCUT2D eigenvalue weighted by molar-refractivity contribution is 0.417. The summed E-state index contributed by atoms with van der Waals surface area (Å²) in [5.74, 6) is 1.77. The molecule has 4 aliphatic rings. The van der Waals surface area contributed by atoms with E-state index in [1.54, 1.807) is 0 Å². The molecule has 0 aromatic rings. The highest BCUT2D eigenvalue weighted by molar-refractivity contribution is 5.39. The van der Waals surface area contributed by atoms with Gasteiger partial charge in [0.25, 0.3) is 0 Å². The van der Waals surface area contributed by atoms with E-state index in [1.807, 2.05) is 11.1 Å². The zero-order chi connectivity index (χ0) is 6.55. The molecule has 4 aliphatic carbocycles. The molecule has 2 bridgehead atoms. The van der Waals surface area contributed by atoms with Gasteiger partial charge in [0.1, 0.15) is 0 Å². The molecule has 0 fully saturated rings. The Morgan fingerprint density at radius 3 is 1.60 bits per heavy atom. The minimum Gasteiger partial charge on any atom is -0.0807 e. The molecule has 0 aliphatic heterocycles. The fraction of sp³-hybridized carbons (Fsp3) is 0.600. The van der Waals surface area contributed by atoms with Crippen molar-refractivity contribution in [2.75, 3.05) is 0 Å². The minimum atomic E-state index is 0.883. The van der Waals surface area contributed by atoms with Gasteiger partial charge in [0.15, 0.2) is 0 Å². The van der Waals surface area contributed by atoms with E-state index in [0.717, 1.165) is 11.8 Å². The maximum Gasteiger partial charge on any atom is -0.00197 e. The van der Waals surface area contributed by atoms with E-state index >= 15 is 0 Å². The summed E-state index contributed by atoms with van der Waals surface area (Å²) in [6.07, 6.45) is 10.6. The zero-order valence-corrected chi connectivity index (χ0v) is 6.14. The molecular weight excluding hydrogens is 120 g/mol. The second kappa shape index (κ2) is 1.55. The molecule has 0 aromatic carbocycles. The zero-order valence-electron chi connectivity index (χ0n) is 6.14. The second-order valence-corrected chi connectivity index (χ2v) is 3.73. The second-order valence-electron chi connectivity index (χ2n) is 3.73. The molecule has 0 saturated carbocycles. The fourth-order valence-corrected chi connectivity index (χ4v) is 2.66. The minimum absolute atomic E-state index is 0.883. The van der Waals surface area contributed by atoms with Gasteiger partial charge in [-0.2, -0.15) is 0 Å². The van der Waals surface area contributed by atoms with E-state index in [4.69, 9.17) is 0 Å². The van der Waals surface area contributed by atoms with Gasteiger partial charge in [-0.05, 0) is 37.5 Å². The summed E-state index contributed by atoms with van der Waals surface area (Å²) in [5.41, 5.74) is 3.64. The van der Waals surface area contributed by atoms with Gasteiger partial charge in [0, 0.05) is 0 Å². The van der Waals surface area contributed by atoms with Gasteiger partial charge in [-0.15, -0.1) is 0 Å². The average molecular weight is 132 g/mol. The van der Waals surface area contributed by atoms with E-state index in [1.165, 1.54) is 25.7 Å². The van der Waals surface area contributed by atoms with Gasteiger partial charge in [0.05, 0.1) is 0 Å². The predicted octanol–water partition coefficient (Wildman–Crippen LogP) is 2.67. The Morgan fingerprint density at radius 2 is 1.40 bits per heavy atom. The van der Waals surface area contributed by atoms with E-state index in [0.29, 0.717) is 0 Å². The van der Waals surface area contributed by atoms with Gasteiger partial charge >= 0.3 is 0 Å². The first-order valence-corrected chi connectivity index (χ1v) is 4.35. The van der Waals surface area contributed by atoms with Crippen LogP contribution in [0.15, 0.2) is 23.3 Å². The Morgan fingerprint density at radius 1 is 0.900 bits per heavy atom. The highest BCUT2D eigenvalue weighted by Gasteiger charge is 2.35. The number of allylic oxidation sites excluding steroid dienone is 4. The third kappa shape index (κ3) is 0.448. The van der Waals surface area contributed by atoms with Gasteiger partial charge in [-0.1, -0.05) is 23.3 Å².